The Morgan fingerprint density at radius 3 is 2.32 bits per heavy atom. The van der Waals surface area contributed by atoms with Gasteiger partial charge >= 0.3 is 6.09 Å². The van der Waals surface area contributed by atoms with Gasteiger partial charge in [0.25, 0.3) is 0 Å². The van der Waals surface area contributed by atoms with Gasteiger partial charge in [-0.3, -0.25) is 0 Å². The molecule has 0 spiro atoms. The van der Waals surface area contributed by atoms with Crippen LogP contribution in [0.4, 0.5) is 4.79 Å². The molecule has 2 aromatic rings. The van der Waals surface area contributed by atoms with Crippen LogP contribution in [0.15, 0.2) is 34.7 Å². The molecule has 6 nitrogen and oxygen atoms in total. The second-order valence-corrected chi connectivity index (χ2v) is 7.64. The molecule has 1 saturated carbocycles. The zero-order chi connectivity index (χ0) is 18.0. The highest BCUT2D eigenvalue weighted by Gasteiger charge is 2.36. The van der Waals surface area contributed by atoms with Crippen LogP contribution in [0.3, 0.4) is 0 Å². The number of rotatable bonds is 3. The van der Waals surface area contributed by atoms with E-state index in [2.05, 4.69) is 10.2 Å². The molecule has 0 aliphatic heterocycles. The Morgan fingerprint density at radius 2 is 1.76 bits per heavy atom. The van der Waals surface area contributed by atoms with Gasteiger partial charge in [-0.1, -0.05) is 18.2 Å². The molecule has 1 heterocycles. The summed E-state index contributed by atoms with van der Waals surface area (Å²) in [5.41, 5.74) is 0.522. The third-order valence-electron chi connectivity index (χ3n) is 4.80. The average molecular weight is 343 g/mol. The second-order valence-electron chi connectivity index (χ2n) is 7.64. The number of amides is 1. The standard InChI is InChI=1S/C19H25N3O3/c1-19(2,3)22(18(23)24)15-11-9-14(10-12-15)17-21-20-16(25-17)13-7-5-4-6-8-13/h4-8,14-15H,9-12H2,1-3H3,(H,23,24). The minimum atomic E-state index is -0.847. The zero-order valence-electron chi connectivity index (χ0n) is 15.0. The number of hydrogen-bond acceptors (Lipinski definition) is 4. The Labute approximate surface area is 147 Å². The van der Waals surface area contributed by atoms with Gasteiger partial charge in [0.15, 0.2) is 0 Å². The van der Waals surface area contributed by atoms with Crippen molar-refractivity contribution in [3.8, 4) is 11.5 Å². The van der Waals surface area contributed by atoms with E-state index in [4.69, 9.17) is 4.42 Å². The van der Waals surface area contributed by atoms with Gasteiger partial charge in [0.2, 0.25) is 11.8 Å². The van der Waals surface area contributed by atoms with E-state index in [0.29, 0.717) is 11.8 Å². The number of carbonyl (C=O) groups is 1. The van der Waals surface area contributed by atoms with Crippen LogP contribution in [-0.4, -0.2) is 37.9 Å². The van der Waals surface area contributed by atoms with Gasteiger partial charge in [-0.15, -0.1) is 10.2 Å². The highest BCUT2D eigenvalue weighted by atomic mass is 16.4. The molecule has 0 atom stereocenters. The van der Waals surface area contributed by atoms with E-state index in [1.165, 1.54) is 0 Å². The molecule has 1 fully saturated rings. The Hall–Kier alpha value is -2.37. The van der Waals surface area contributed by atoms with Crippen molar-refractivity contribution in [2.45, 2.75) is 64.0 Å². The largest absolute Gasteiger partial charge is 0.465 e. The van der Waals surface area contributed by atoms with E-state index in [1.807, 2.05) is 51.1 Å². The lowest BCUT2D eigenvalue weighted by Gasteiger charge is -2.42. The fraction of sp³-hybridized carbons (Fsp3) is 0.526. The molecule has 1 amide bonds. The van der Waals surface area contributed by atoms with Crippen LogP contribution in [0.1, 0.15) is 58.3 Å². The van der Waals surface area contributed by atoms with Crippen LogP contribution in [0.5, 0.6) is 0 Å². The molecule has 134 valence electrons. The van der Waals surface area contributed by atoms with Crippen molar-refractivity contribution in [2.75, 3.05) is 0 Å². The number of aromatic nitrogens is 2. The second kappa shape index (κ2) is 6.86. The maximum atomic E-state index is 11.6. The van der Waals surface area contributed by atoms with E-state index in [-0.39, 0.29) is 12.0 Å². The molecule has 25 heavy (non-hydrogen) atoms. The van der Waals surface area contributed by atoms with Gasteiger partial charge in [-0.2, -0.15) is 0 Å². The van der Waals surface area contributed by atoms with Gasteiger partial charge in [0.05, 0.1) is 0 Å². The Balaban J connectivity index is 1.67. The molecule has 0 saturated heterocycles. The fourth-order valence-electron chi connectivity index (χ4n) is 3.67. The Morgan fingerprint density at radius 1 is 1.12 bits per heavy atom. The molecule has 1 aliphatic carbocycles. The summed E-state index contributed by atoms with van der Waals surface area (Å²) < 4.78 is 5.87. The number of nitrogens with zero attached hydrogens (tertiary/aromatic N) is 3. The lowest BCUT2D eigenvalue weighted by molar-refractivity contribution is 0.0536. The highest BCUT2D eigenvalue weighted by molar-refractivity contribution is 5.66. The van der Waals surface area contributed by atoms with Crippen molar-refractivity contribution < 1.29 is 14.3 Å². The van der Waals surface area contributed by atoms with E-state index in [1.54, 1.807) is 4.90 Å². The summed E-state index contributed by atoms with van der Waals surface area (Å²) in [7, 11) is 0. The Bertz CT molecular complexity index is 713. The predicted octanol–water partition coefficient (Wildman–Crippen LogP) is 4.54. The first kappa shape index (κ1) is 17.5. The van der Waals surface area contributed by atoms with Crippen molar-refractivity contribution in [2.24, 2.45) is 0 Å². The van der Waals surface area contributed by atoms with Crippen LogP contribution < -0.4 is 0 Å². The number of hydrogen-bond donors (Lipinski definition) is 1. The van der Waals surface area contributed by atoms with Crippen molar-refractivity contribution in [1.29, 1.82) is 0 Å². The van der Waals surface area contributed by atoms with Gasteiger partial charge < -0.3 is 14.4 Å². The third-order valence-corrected chi connectivity index (χ3v) is 4.80. The maximum Gasteiger partial charge on any atom is 0.407 e. The SMILES string of the molecule is CC(C)(C)N(C(=O)O)C1CCC(c2nnc(-c3ccccc3)o2)CC1. The van der Waals surface area contributed by atoms with Gasteiger partial charge in [-0.05, 0) is 58.6 Å². The van der Waals surface area contributed by atoms with Crippen LogP contribution in [0, 0.1) is 0 Å². The predicted molar refractivity (Wildman–Crippen MR) is 94.3 cm³/mol. The van der Waals surface area contributed by atoms with E-state index in [9.17, 15) is 9.90 Å². The first-order chi connectivity index (χ1) is 11.9. The van der Waals surface area contributed by atoms with Crippen LogP contribution in [0.2, 0.25) is 0 Å². The molecule has 0 bridgehead atoms. The lowest BCUT2D eigenvalue weighted by Crippen LogP contribution is -2.52. The molecule has 1 aromatic heterocycles. The van der Waals surface area contributed by atoms with Crippen LogP contribution in [-0.2, 0) is 0 Å². The number of benzene rings is 1. The summed E-state index contributed by atoms with van der Waals surface area (Å²) in [4.78, 5) is 13.2. The smallest absolute Gasteiger partial charge is 0.407 e. The van der Waals surface area contributed by atoms with Crippen molar-refractivity contribution in [3.05, 3.63) is 36.2 Å². The molecular weight excluding hydrogens is 318 g/mol. The zero-order valence-corrected chi connectivity index (χ0v) is 15.0. The van der Waals surface area contributed by atoms with E-state index >= 15 is 0 Å². The normalized spacial score (nSPS) is 21.1. The van der Waals surface area contributed by atoms with Crippen LogP contribution in [0.25, 0.3) is 11.5 Å². The molecule has 1 aromatic carbocycles. The van der Waals surface area contributed by atoms with Crippen molar-refractivity contribution >= 4 is 6.09 Å². The fourth-order valence-corrected chi connectivity index (χ4v) is 3.67. The first-order valence-electron chi connectivity index (χ1n) is 8.77. The van der Waals surface area contributed by atoms with Crippen LogP contribution >= 0.6 is 0 Å². The van der Waals surface area contributed by atoms with Crippen molar-refractivity contribution in [1.82, 2.24) is 15.1 Å². The molecule has 6 heteroatoms. The van der Waals surface area contributed by atoms with Gasteiger partial charge in [0.1, 0.15) is 0 Å². The molecule has 1 N–H and O–H groups in total. The molecule has 0 unspecified atom stereocenters. The topological polar surface area (TPSA) is 79.5 Å². The number of carboxylic acid groups (broad SMARTS) is 1. The summed E-state index contributed by atoms with van der Waals surface area (Å²) in [6, 6.07) is 9.77. The molecule has 3 rings (SSSR count). The molecular formula is C19H25N3O3. The average Bonchev–Trinajstić information content (AvgIpc) is 3.05. The Kier molecular flexibility index (Phi) is 4.79. The molecule has 0 radical (unpaired) electrons. The van der Waals surface area contributed by atoms with Gasteiger partial charge in [0, 0.05) is 23.1 Å². The maximum absolute atomic E-state index is 11.6. The minimum Gasteiger partial charge on any atom is -0.465 e. The highest BCUT2D eigenvalue weighted by Crippen LogP contribution is 2.37. The summed E-state index contributed by atoms with van der Waals surface area (Å²) in [5.74, 6) is 1.41. The molecule has 1 aliphatic rings. The van der Waals surface area contributed by atoms with E-state index < -0.39 is 11.6 Å². The lowest BCUT2D eigenvalue weighted by atomic mass is 9.84. The van der Waals surface area contributed by atoms with Gasteiger partial charge in [-0.25, -0.2) is 4.79 Å². The third kappa shape index (κ3) is 3.83. The quantitative estimate of drug-likeness (QED) is 0.885. The summed E-state index contributed by atoms with van der Waals surface area (Å²) in [5, 5.41) is 17.9. The van der Waals surface area contributed by atoms with Crippen molar-refractivity contribution in [3.63, 3.8) is 0 Å². The monoisotopic (exact) mass is 343 g/mol. The summed E-state index contributed by atoms with van der Waals surface area (Å²) in [6.07, 6.45) is 2.51. The summed E-state index contributed by atoms with van der Waals surface area (Å²) in [6.45, 7) is 5.83. The minimum absolute atomic E-state index is 0.0465. The summed E-state index contributed by atoms with van der Waals surface area (Å²) >= 11 is 0. The van der Waals surface area contributed by atoms with E-state index in [0.717, 1.165) is 31.2 Å². The first-order valence-corrected chi connectivity index (χ1v) is 8.77.